The Morgan fingerprint density at radius 3 is 2.58 bits per heavy atom. The first kappa shape index (κ1) is 24.9. The number of aromatic nitrogens is 1. The molecule has 36 heavy (non-hydrogen) atoms. The summed E-state index contributed by atoms with van der Waals surface area (Å²) in [6.45, 7) is 2.90. The van der Waals surface area contributed by atoms with Crippen LogP contribution in [-0.4, -0.2) is 35.3 Å². The summed E-state index contributed by atoms with van der Waals surface area (Å²) in [6, 6.07) is 8.41. The molecule has 6 rings (SSSR count). The number of aliphatic carboxylic acids is 1. The van der Waals surface area contributed by atoms with E-state index in [4.69, 9.17) is 9.84 Å². The van der Waals surface area contributed by atoms with E-state index in [-0.39, 0.29) is 17.3 Å². The van der Waals surface area contributed by atoms with Crippen LogP contribution in [0.25, 0.3) is 0 Å². The molecule has 2 aliphatic heterocycles. The second-order valence-corrected chi connectivity index (χ2v) is 11.0. The number of halogens is 3. The first-order valence-electron chi connectivity index (χ1n) is 12.9. The van der Waals surface area contributed by atoms with Gasteiger partial charge in [-0.05, 0) is 67.3 Å². The van der Waals surface area contributed by atoms with Crippen LogP contribution < -0.4 is 9.64 Å². The molecule has 1 aromatic carbocycles. The van der Waals surface area contributed by atoms with Crippen LogP contribution in [0, 0.1) is 17.3 Å². The van der Waals surface area contributed by atoms with Crippen molar-refractivity contribution in [2.75, 3.05) is 18.0 Å². The molecule has 2 aliphatic carbocycles. The summed E-state index contributed by atoms with van der Waals surface area (Å²) < 4.78 is 46.3. The molecule has 2 saturated carbocycles. The standard InChI is InChI=1S/C25H27F3N2O3.C3H6/c1-15(23(31)32)9-16-4-5-17-6-7-20(33-21(17)10-16)18-11-24(12-18)13-30(14-24)22-19(25(26,27)28)3-2-8-29-22;1-2-3-1/h2-5,8,10,15,18,20H,6-7,9,11-14H2,1H3,(H,31,32);1-3H2. The average Bonchev–Trinajstić information content (AvgIpc) is 3.66. The lowest BCUT2D eigenvalue weighted by atomic mass is 9.55. The number of fused-ring (bicyclic) bond motifs is 1. The van der Waals surface area contributed by atoms with E-state index in [2.05, 4.69) is 4.98 Å². The fraction of sp³-hybridized carbons (Fsp3) is 0.571. The number of ether oxygens (including phenoxy) is 1. The van der Waals surface area contributed by atoms with Gasteiger partial charge in [-0.1, -0.05) is 38.3 Å². The van der Waals surface area contributed by atoms with Crippen molar-refractivity contribution in [2.24, 2.45) is 17.3 Å². The molecule has 3 fully saturated rings. The van der Waals surface area contributed by atoms with E-state index < -0.39 is 23.6 Å². The van der Waals surface area contributed by atoms with Crippen molar-refractivity contribution >= 4 is 11.8 Å². The Morgan fingerprint density at radius 2 is 1.94 bits per heavy atom. The highest BCUT2D eigenvalue weighted by molar-refractivity contribution is 5.70. The number of hydrogen-bond donors (Lipinski definition) is 1. The van der Waals surface area contributed by atoms with E-state index in [1.54, 1.807) is 11.8 Å². The molecule has 0 radical (unpaired) electrons. The fourth-order valence-corrected chi connectivity index (χ4v) is 5.69. The molecule has 3 heterocycles. The number of carbonyl (C=O) groups is 1. The number of pyridine rings is 1. The Labute approximate surface area is 209 Å². The quantitative estimate of drug-likeness (QED) is 0.532. The van der Waals surface area contributed by atoms with Crippen LogP contribution in [0.1, 0.15) is 62.1 Å². The summed E-state index contributed by atoms with van der Waals surface area (Å²) in [5.41, 5.74) is 1.50. The smallest absolute Gasteiger partial charge is 0.419 e. The van der Waals surface area contributed by atoms with E-state index in [1.165, 1.54) is 31.5 Å². The van der Waals surface area contributed by atoms with Gasteiger partial charge in [-0.25, -0.2) is 4.98 Å². The molecule has 2 aromatic rings. The number of benzene rings is 1. The van der Waals surface area contributed by atoms with E-state index in [0.29, 0.717) is 25.4 Å². The Hall–Kier alpha value is -2.77. The minimum Gasteiger partial charge on any atom is -0.490 e. The molecule has 194 valence electrons. The Morgan fingerprint density at radius 1 is 1.22 bits per heavy atom. The third-order valence-corrected chi connectivity index (χ3v) is 7.79. The van der Waals surface area contributed by atoms with Gasteiger partial charge in [0.25, 0.3) is 0 Å². The number of hydrogen-bond acceptors (Lipinski definition) is 4. The summed E-state index contributed by atoms with van der Waals surface area (Å²) >= 11 is 0. The van der Waals surface area contributed by atoms with Crippen molar-refractivity contribution in [2.45, 2.75) is 70.6 Å². The molecule has 2 atom stereocenters. The molecule has 4 aliphatic rings. The number of carboxylic acid groups (broad SMARTS) is 1. The fourth-order valence-electron chi connectivity index (χ4n) is 5.69. The lowest BCUT2D eigenvalue weighted by Gasteiger charge is -2.61. The van der Waals surface area contributed by atoms with Gasteiger partial charge < -0.3 is 14.7 Å². The Balaban J connectivity index is 0.000000828. The average molecular weight is 503 g/mol. The number of carboxylic acids is 1. The first-order valence-corrected chi connectivity index (χ1v) is 12.9. The normalized spacial score (nSPS) is 22.8. The topological polar surface area (TPSA) is 62.7 Å². The van der Waals surface area contributed by atoms with Crippen LogP contribution in [-0.2, 0) is 23.8 Å². The van der Waals surface area contributed by atoms with Crippen LogP contribution in [0.15, 0.2) is 36.5 Å². The van der Waals surface area contributed by atoms with Crippen molar-refractivity contribution in [3.05, 3.63) is 53.2 Å². The second-order valence-electron chi connectivity index (χ2n) is 11.0. The molecule has 5 nitrogen and oxygen atoms in total. The highest BCUT2D eigenvalue weighted by atomic mass is 19.4. The van der Waals surface area contributed by atoms with Crippen molar-refractivity contribution in [3.63, 3.8) is 0 Å². The predicted molar refractivity (Wildman–Crippen MR) is 130 cm³/mol. The van der Waals surface area contributed by atoms with Crippen LogP contribution in [0.3, 0.4) is 0 Å². The number of alkyl halides is 3. The lowest BCUT2D eigenvalue weighted by molar-refractivity contribution is -0.141. The van der Waals surface area contributed by atoms with Gasteiger partial charge in [0.1, 0.15) is 17.7 Å². The highest BCUT2D eigenvalue weighted by Gasteiger charge is 2.56. The van der Waals surface area contributed by atoms with Gasteiger partial charge in [0, 0.05) is 24.7 Å². The third kappa shape index (κ3) is 5.32. The zero-order valence-corrected chi connectivity index (χ0v) is 20.6. The molecule has 1 saturated heterocycles. The minimum atomic E-state index is -4.40. The first-order chi connectivity index (χ1) is 17.1. The predicted octanol–water partition coefficient (Wildman–Crippen LogP) is 6.14. The van der Waals surface area contributed by atoms with Crippen LogP contribution in [0.4, 0.5) is 19.0 Å². The van der Waals surface area contributed by atoms with Crippen molar-refractivity contribution in [1.29, 1.82) is 0 Å². The van der Waals surface area contributed by atoms with Gasteiger partial charge in [0.05, 0.1) is 11.5 Å². The van der Waals surface area contributed by atoms with E-state index in [9.17, 15) is 18.0 Å². The van der Waals surface area contributed by atoms with Gasteiger partial charge in [-0.2, -0.15) is 13.2 Å². The molecule has 0 bridgehead atoms. The summed E-state index contributed by atoms with van der Waals surface area (Å²) in [6.07, 6.45) is 5.84. The van der Waals surface area contributed by atoms with E-state index in [0.717, 1.165) is 48.6 Å². The zero-order valence-electron chi connectivity index (χ0n) is 20.6. The summed E-state index contributed by atoms with van der Waals surface area (Å²) in [7, 11) is 0. The van der Waals surface area contributed by atoms with Crippen molar-refractivity contribution in [1.82, 2.24) is 4.98 Å². The van der Waals surface area contributed by atoms with E-state index >= 15 is 0 Å². The monoisotopic (exact) mass is 502 g/mol. The summed E-state index contributed by atoms with van der Waals surface area (Å²) in [5.74, 6) is 0.0138. The number of nitrogens with zero attached hydrogens (tertiary/aromatic N) is 2. The molecule has 8 heteroatoms. The third-order valence-electron chi connectivity index (χ3n) is 7.79. The maximum Gasteiger partial charge on any atom is 0.419 e. The molecular formula is C28H33F3N2O3. The SMILES string of the molecule is C1CC1.CC(Cc1ccc2c(c1)OC(C1CC3(C1)CN(c1ncccc1C(F)(F)F)C3)CC2)C(=O)O. The summed E-state index contributed by atoms with van der Waals surface area (Å²) in [4.78, 5) is 16.9. The molecule has 1 aromatic heterocycles. The highest BCUT2D eigenvalue weighted by Crippen LogP contribution is 2.56. The zero-order chi connectivity index (χ0) is 25.5. The van der Waals surface area contributed by atoms with Crippen LogP contribution in [0.5, 0.6) is 5.75 Å². The molecule has 0 amide bonds. The second kappa shape index (κ2) is 9.60. The largest absolute Gasteiger partial charge is 0.490 e. The van der Waals surface area contributed by atoms with E-state index in [1.807, 2.05) is 18.2 Å². The number of rotatable bonds is 5. The Bertz CT molecular complexity index is 1100. The van der Waals surface area contributed by atoms with Gasteiger partial charge in [-0.3, -0.25) is 4.79 Å². The maximum atomic E-state index is 13.3. The van der Waals surface area contributed by atoms with Crippen LogP contribution >= 0.6 is 0 Å². The van der Waals surface area contributed by atoms with Crippen molar-refractivity contribution in [3.8, 4) is 5.75 Å². The molecule has 1 N–H and O–H groups in total. The van der Waals surface area contributed by atoms with Crippen molar-refractivity contribution < 1.29 is 27.8 Å². The van der Waals surface area contributed by atoms with Gasteiger partial charge >= 0.3 is 12.1 Å². The number of aryl methyl sites for hydroxylation is 1. The molecule has 1 spiro atoms. The number of anilines is 1. The lowest BCUT2D eigenvalue weighted by Crippen LogP contribution is -2.64. The van der Waals surface area contributed by atoms with Gasteiger partial charge in [-0.15, -0.1) is 0 Å². The van der Waals surface area contributed by atoms with Gasteiger partial charge in [0.2, 0.25) is 0 Å². The van der Waals surface area contributed by atoms with Gasteiger partial charge in [0.15, 0.2) is 0 Å². The molecular weight excluding hydrogens is 469 g/mol. The maximum absolute atomic E-state index is 13.3. The Kier molecular flexibility index (Phi) is 6.64. The molecule has 2 unspecified atom stereocenters. The minimum absolute atomic E-state index is 0.0324. The van der Waals surface area contributed by atoms with Crippen LogP contribution in [0.2, 0.25) is 0 Å². The summed E-state index contributed by atoms with van der Waals surface area (Å²) in [5, 5.41) is 9.17.